The summed E-state index contributed by atoms with van der Waals surface area (Å²) < 4.78 is 5.28. The van der Waals surface area contributed by atoms with Crippen LogP contribution in [0.25, 0.3) is 0 Å². The molecule has 0 saturated carbocycles. The van der Waals surface area contributed by atoms with Gasteiger partial charge in [-0.05, 0) is 54.7 Å². The highest BCUT2D eigenvalue weighted by molar-refractivity contribution is 5.64. The van der Waals surface area contributed by atoms with Crippen molar-refractivity contribution in [2.75, 3.05) is 30.4 Å². The lowest BCUT2D eigenvalue weighted by Crippen LogP contribution is -2.26. The number of anilines is 3. The lowest BCUT2D eigenvalue weighted by atomic mass is 10.0. The Morgan fingerprint density at radius 2 is 2.04 bits per heavy atom. The van der Waals surface area contributed by atoms with Crippen molar-refractivity contribution in [3.8, 4) is 5.75 Å². The van der Waals surface area contributed by atoms with Gasteiger partial charge in [0.25, 0.3) is 0 Å². The number of aromatic nitrogens is 2. The molecule has 1 aromatic heterocycles. The van der Waals surface area contributed by atoms with Gasteiger partial charge in [0.2, 0.25) is 5.95 Å². The Balaban J connectivity index is 1.44. The normalized spacial score (nSPS) is 13.1. The second kappa shape index (κ2) is 8.08. The van der Waals surface area contributed by atoms with Crippen molar-refractivity contribution in [2.24, 2.45) is 0 Å². The summed E-state index contributed by atoms with van der Waals surface area (Å²) in [6, 6.07) is 18.6. The molecule has 0 atom stereocenters. The van der Waals surface area contributed by atoms with Gasteiger partial charge in [-0.15, -0.1) is 0 Å². The van der Waals surface area contributed by atoms with Crippen molar-refractivity contribution in [1.29, 1.82) is 0 Å². The molecule has 1 N–H and O–H groups in total. The fourth-order valence-electron chi connectivity index (χ4n) is 3.48. The first-order chi connectivity index (χ1) is 13.3. The van der Waals surface area contributed by atoms with Crippen molar-refractivity contribution >= 4 is 17.5 Å². The number of rotatable bonds is 6. The zero-order valence-corrected chi connectivity index (χ0v) is 15.6. The van der Waals surface area contributed by atoms with Crippen molar-refractivity contribution in [3.63, 3.8) is 0 Å². The molecule has 138 valence electrons. The number of aryl methyl sites for hydroxylation is 1. The van der Waals surface area contributed by atoms with Crippen LogP contribution in [0.2, 0.25) is 0 Å². The minimum absolute atomic E-state index is 0.758. The largest absolute Gasteiger partial charge is 0.497 e. The molecule has 0 amide bonds. The van der Waals surface area contributed by atoms with Gasteiger partial charge in [0, 0.05) is 25.0 Å². The van der Waals surface area contributed by atoms with Crippen LogP contribution in [0.15, 0.2) is 60.8 Å². The first kappa shape index (κ1) is 17.3. The summed E-state index contributed by atoms with van der Waals surface area (Å²) in [5, 5.41) is 3.42. The quantitative estimate of drug-likeness (QED) is 0.713. The van der Waals surface area contributed by atoms with Crippen LogP contribution in [-0.2, 0) is 12.8 Å². The first-order valence-electron chi connectivity index (χ1n) is 9.39. The summed E-state index contributed by atoms with van der Waals surface area (Å²) in [6.45, 7) is 1.75. The molecule has 5 heteroatoms. The average Bonchev–Trinajstić information content (AvgIpc) is 2.74. The first-order valence-corrected chi connectivity index (χ1v) is 9.39. The van der Waals surface area contributed by atoms with Crippen LogP contribution in [0.4, 0.5) is 17.5 Å². The van der Waals surface area contributed by atoms with Gasteiger partial charge in [0.15, 0.2) is 0 Å². The summed E-state index contributed by atoms with van der Waals surface area (Å²) in [5.74, 6) is 2.50. The van der Waals surface area contributed by atoms with Gasteiger partial charge in [-0.1, -0.05) is 30.3 Å². The van der Waals surface area contributed by atoms with Gasteiger partial charge >= 0.3 is 0 Å². The third-order valence-electron chi connectivity index (χ3n) is 4.85. The van der Waals surface area contributed by atoms with Gasteiger partial charge in [0.05, 0.1) is 7.11 Å². The van der Waals surface area contributed by atoms with Gasteiger partial charge in [-0.3, -0.25) is 0 Å². The van der Waals surface area contributed by atoms with Crippen LogP contribution in [0.3, 0.4) is 0 Å². The van der Waals surface area contributed by atoms with Crippen molar-refractivity contribution in [1.82, 2.24) is 9.97 Å². The minimum Gasteiger partial charge on any atom is -0.497 e. The number of hydrogen-bond donors (Lipinski definition) is 1. The van der Waals surface area contributed by atoms with E-state index in [1.54, 1.807) is 7.11 Å². The summed E-state index contributed by atoms with van der Waals surface area (Å²) in [7, 11) is 1.69. The maximum atomic E-state index is 5.28. The highest BCUT2D eigenvalue weighted by Gasteiger charge is 2.19. The smallest absolute Gasteiger partial charge is 0.231 e. The topological polar surface area (TPSA) is 50.3 Å². The Labute approximate surface area is 160 Å². The monoisotopic (exact) mass is 360 g/mol. The Kier molecular flexibility index (Phi) is 5.19. The zero-order valence-electron chi connectivity index (χ0n) is 15.6. The number of benzene rings is 2. The molecule has 0 saturated heterocycles. The van der Waals surface area contributed by atoms with Gasteiger partial charge in [-0.2, -0.15) is 4.98 Å². The molecule has 0 fully saturated rings. The molecule has 27 heavy (non-hydrogen) atoms. The minimum atomic E-state index is 0.758. The zero-order chi connectivity index (χ0) is 18.5. The highest BCUT2D eigenvalue weighted by atomic mass is 16.5. The predicted molar refractivity (Wildman–Crippen MR) is 109 cm³/mol. The molecule has 3 aromatic rings. The Morgan fingerprint density at radius 1 is 1.11 bits per heavy atom. The number of fused-ring (bicyclic) bond motifs is 1. The van der Waals surface area contributed by atoms with E-state index >= 15 is 0 Å². The number of ether oxygens (including phenoxy) is 1. The summed E-state index contributed by atoms with van der Waals surface area (Å²) >= 11 is 0. The van der Waals surface area contributed by atoms with Crippen LogP contribution in [0, 0.1) is 0 Å². The Morgan fingerprint density at radius 3 is 2.96 bits per heavy atom. The maximum absolute atomic E-state index is 5.28. The highest BCUT2D eigenvalue weighted by Crippen LogP contribution is 2.31. The van der Waals surface area contributed by atoms with E-state index in [4.69, 9.17) is 9.72 Å². The van der Waals surface area contributed by atoms with Crippen LogP contribution < -0.4 is 15.0 Å². The standard InChI is InChI=1S/C22H24N4O/c1-27-19-9-4-6-17(16-19)11-13-23-21-12-14-24-22(25-21)26-15-5-8-18-7-2-3-10-20(18)26/h2-4,6-7,9-10,12,14,16H,5,8,11,13,15H2,1H3,(H,23,24,25). The fraction of sp³-hybridized carbons (Fsp3) is 0.273. The van der Waals surface area contributed by atoms with Crippen LogP contribution >= 0.6 is 0 Å². The van der Waals surface area contributed by atoms with Gasteiger partial charge in [0.1, 0.15) is 11.6 Å². The molecule has 0 radical (unpaired) electrons. The number of para-hydroxylation sites is 1. The van der Waals surface area contributed by atoms with Crippen LogP contribution in [0.5, 0.6) is 5.75 Å². The van der Waals surface area contributed by atoms with Crippen LogP contribution in [0.1, 0.15) is 17.5 Å². The second-order valence-electron chi connectivity index (χ2n) is 6.65. The summed E-state index contributed by atoms with van der Waals surface area (Å²) in [6.07, 6.45) is 4.97. The molecule has 0 aliphatic carbocycles. The fourth-order valence-corrected chi connectivity index (χ4v) is 3.48. The van der Waals surface area contributed by atoms with Crippen LogP contribution in [-0.4, -0.2) is 30.2 Å². The Hall–Kier alpha value is -3.08. The van der Waals surface area contributed by atoms with E-state index in [9.17, 15) is 0 Å². The average molecular weight is 360 g/mol. The summed E-state index contributed by atoms with van der Waals surface area (Å²) in [5.41, 5.74) is 3.82. The van der Waals surface area contributed by atoms with Gasteiger partial charge < -0.3 is 15.0 Å². The lowest BCUT2D eigenvalue weighted by molar-refractivity contribution is 0.414. The number of nitrogens with one attached hydrogen (secondary N) is 1. The molecule has 0 unspecified atom stereocenters. The second-order valence-corrected chi connectivity index (χ2v) is 6.65. The van der Waals surface area contributed by atoms with E-state index < -0.39 is 0 Å². The van der Waals surface area contributed by atoms with Crippen molar-refractivity contribution in [3.05, 3.63) is 71.9 Å². The number of hydrogen-bond acceptors (Lipinski definition) is 5. The SMILES string of the molecule is COc1cccc(CCNc2ccnc(N3CCCc4ccccc43)n2)c1. The molecule has 4 rings (SSSR count). The van der Waals surface area contributed by atoms with E-state index in [-0.39, 0.29) is 0 Å². The third kappa shape index (κ3) is 4.03. The third-order valence-corrected chi connectivity index (χ3v) is 4.85. The van der Waals surface area contributed by atoms with Crippen molar-refractivity contribution in [2.45, 2.75) is 19.3 Å². The van der Waals surface area contributed by atoms with E-state index in [0.717, 1.165) is 49.9 Å². The number of nitrogens with zero attached hydrogens (tertiary/aromatic N) is 3. The molecular weight excluding hydrogens is 336 g/mol. The molecule has 1 aliphatic heterocycles. The molecular formula is C22H24N4O. The van der Waals surface area contributed by atoms with Gasteiger partial charge in [-0.25, -0.2) is 4.98 Å². The molecule has 0 bridgehead atoms. The molecule has 5 nitrogen and oxygen atoms in total. The summed E-state index contributed by atoms with van der Waals surface area (Å²) in [4.78, 5) is 11.5. The number of methoxy groups -OCH3 is 1. The Bertz CT molecular complexity index is 912. The maximum Gasteiger partial charge on any atom is 0.231 e. The van der Waals surface area contributed by atoms with Crippen molar-refractivity contribution < 1.29 is 4.74 Å². The van der Waals surface area contributed by atoms with E-state index in [1.165, 1.54) is 16.8 Å². The molecule has 1 aliphatic rings. The lowest BCUT2D eigenvalue weighted by Gasteiger charge is -2.29. The van der Waals surface area contributed by atoms with E-state index in [0.29, 0.717) is 0 Å². The molecule has 2 heterocycles. The molecule has 0 spiro atoms. The predicted octanol–water partition coefficient (Wildman–Crippen LogP) is 4.22. The van der Waals surface area contributed by atoms with E-state index in [2.05, 4.69) is 51.6 Å². The molecule has 2 aromatic carbocycles. The van der Waals surface area contributed by atoms with E-state index in [1.807, 2.05) is 24.4 Å².